The van der Waals surface area contributed by atoms with E-state index >= 15 is 0 Å². The average molecular weight is 373 g/mol. The molecule has 8 heteroatoms. The number of thiophene rings is 1. The zero-order valence-corrected chi connectivity index (χ0v) is 15.1. The molecule has 3 aromatic rings. The number of nitro benzene ring substituents is 1. The highest BCUT2D eigenvalue weighted by atomic mass is 32.1. The molecule has 0 radical (unpaired) electrons. The van der Waals surface area contributed by atoms with Crippen molar-refractivity contribution in [1.82, 2.24) is 4.98 Å². The number of benzene rings is 1. The highest BCUT2D eigenvalue weighted by molar-refractivity contribution is 7.21. The van der Waals surface area contributed by atoms with Gasteiger partial charge in [-0.2, -0.15) is 0 Å². The minimum atomic E-state index is -0.433. The van der Waals surface area contributed by atoms with E-state index in [0.29, 0.717) is 21.3 Å². The number of anilines is 1. The standard InChI is InChI=1S/C17H15N3O3S2/c1-9-2-4-12-14(6-9)25-17(18-12)19-16(21)15-8-10-7-11(20(22)23)3-5-13(10)24-15/h3,5,7-9H,2,4,6H2,1H3,(H,18,19,21)/t9-/m1/s1. The molecular formula is C17H15N3O3S2. The SMILES string of the molecule is C[C@@H]1CCc2nc(NC(=O)c3cc4cc([N+](=O)[O-])ccc4s3)sc2C1. The quantitative estimate of drug-likeness (QED) is 0.535. The second-order valence-corrected chi connectivity index (χ2v) is 8.45. The number of aromatic nitrogens is 1. The van der Waals surface area contributed by atoms with E-state index in [1.54, 1.807) is 23.5 Å². The first-order valence-corrected chi connectivity index (χ1v) is 9.61. The number of nitro groups is 1. The number of aryl methyl sites for hydroxylation is 1. The molecule has 2 aromatic heterocycles. The van der Waals surface area contributed by atoms with Gasteiger partial charge in [0.25, 0.3) is 11.6 Å². The van der Waals surface area contributed by atoms with E-state index in [0.717, 1.165) is 29.7 Å². The van der Waals surface area contributed by atoms with E-state index in [1.165, 1.54) is 28.3 Å². The van der Waals surface area contributed by atoms with E-state index in [2.05, 4.69) is 17.2 Å². The molecular weight excluding hydrogens is 358 g/mol. The maximum absolute atomic E-state index is 12.5. The highest BCUT2D eigenvalue weighted by Crippen LogP contribution is 2.33. The Morgan fingerprint density at radius 1 is 1.36 bits per heavy atom. The van der Waals surface area contributed by atoms with Crippen molar-refractivity contribution in [1.29, 1.82) is 0 Å². The van der Waals surface area contributed by atoms with Gasteiger partial charge in [0.05, 0.1) is 15.5 Å². The van der Waals surface area contributed by atoms with Crippen LogP contribution < -0.4 is 5.32 Å². The van der Waals surface area contributed by atoms with Gasteiger partial charge in [-0.1, -0.05) is 6.92 Å². The number of hydrogen-bond acceptors (Lipinski definition) is 6. The van der Waals surface area contributed by atoms with Crippen LogP contribution in [-0.2, 0) is 12.8 Å². The monoisotopic (exact) mass is 373 g/mol. The third kappa shape index (κ3) is 3.14. The third-order valence-electron chi connectivity index (χ3n) is 4.34. The Kier molecular flexibility index (Phi) is 4.01. The van der Waals surface area contributed by atoms with Gasteiger partial charge in [0.15, 0.2) is 5.13 Å². The molecule has 0 spiro atoms. The molecule has 128 valence electrons. The molecule has 4 rings (SSSR count). The first kappa shape index (κ1) is 16.2. The van der Waals surface area contributed by atoms with Crippen molar-refractivity contribution in [2.75, 3.05) is 5.32 Å². The van der Waals surface area contributed by atoms with E-state index in [-0.39, 0.29) is 11.6 Å². The van der Waals surface area contributed by atoms with Crippen molar-refractivity contribution in [2.24, 2.45) is 5.92 Å². The molecule has 2 heterocycles. The van der Waals surface area contributed by atoms with Crippen LogP contribution in [0.5, 0.6) is 0 Å². The lowest BCUT2D eigenvalue weighted by atomic mass is 9.93. The van der Waals surface area contributed by atoms with Gasteiger partial charge in [0, 0.05) is 27.1 Å². The Morgan fingerprint density at radius 3 is 3.00 bits per heavy atom. The second-order valence-electron chi connectivity index (χ2n) is 6.28. The lowest BCUT2D eigenvalue weighted by Gasteiger charge is -2.15. The van der Waals surface area contributed by atoms with Crippen LogP contribution in [0, 0.1) is 16.0 Å². The van der Waals surface area contributed by atoms with E-state index in [9.17, 15) is 14.9 Å². The summed E-state index contributed by atoms with van der Waals surface area (Å²) in [5.41, 5.74) is 1.13. The summed E-state index contributed by atoms with van der Waals surface area (Å²) in [4.78, 5) is 29.3. The fourth-order valence-electron chi connectivity index (χ4n) is 3.01. The predicted octanol–water partition coefficient (Wildman–Crippen LogP) is 4.64. The summed E-state index contributed by atoms with van der Waals surface area (Å²) < 4.78 is 0.850. The molecule has 1 aliphatic rings. The summed E-state index contributed by atoms with van der Waals surface area (Å²) in [6, 6.07) is 6.32. The topological polar surface area (TPSA) is 85.1 Å². The second kappa shape index (κ2) is 6.20. The molecule has 1 aromatic carbocycles. The number of nitrogens with zero attached hydrogens (tertiary/aromatic N) is 2. The van der Waals surface area contributed by atoms with Crippen LogP contribution >= 0.6 is 22.7 Å². The van der Waals surface area contributed by atoms with Crippen LogP contribution in [-0.4, -0.2) is 15.8 Å². The molecule has 1 N–H and O–H groups in total. The number of hydrogen-bond donors (Lipinski definition) is 1. The van der Waals surface area contributed by atoms with Crippen LogP contribution in [0.3, 0.4) is 0 Å². The molecule has 25 heavy (non-hydrogen) atoms. The van der Waals surface area contributed by atoms with Gasteiger partial charge in [-0.15, -0.1) is 22.7 Å². The van der Waals surface area contributed by atoms with E-state index < -0.39 is 4.92 Å². The van der Waals surface area contributed by atoms with Crippen molar-refractivity contribution >= 4 is 49.5 Å². The summed E-state index contributed by atoms with van der Waals surface area (Å²) in [5.74, 6) is 0.442. The molecule has 1 aliphatic carbocycles. The van der Waals surface area contributed by atoms with Crippen molar-refractivity contribution < 1.29 is 9.72 Å². The Labute approximate surface area is 151 Å². The van der Waals surface area contributed by atoms with Crippen LogP contribution in [0.25, 0.3) is 10.1 Å². The highest BCUT2D eigenvalue weighted by Gasteiger charge is 2.21. The number of carbonyl (C=O) groups is 1. The van der Waals surface area contributed by atoms with Crippen LogP contribution in [0.2, 0.25) is 0 Å². The number of rotatable bonds is 3. The minimum absolute atomic E-state index is 0.0268. The molecule has 1 atom stereocenters. The number of nitrogens with one attached hydrogen (secondary N) is 1. The van der Waals surface area contributed by atoms with Crippen molar-refractivity contribution in [2.45, 2.75) is 26.2 Å². The molecule has 0 unspecified atom stereocenters. The van der Waals surface area contributed by atoms with Gasteiger partial charge < -0.3 is 0 Å². The fourth-order valence-corrected chi connectivity index (χ4v) is 5.11. The van der Waals surface area contributed by atoms with Crippen molar-refractivity contribution in [3.8, 4) is 0 Å². The minimum Gasteiger partial charge on any atom is -0.297 e. The Balaban J connectivity index is 1.57. The molecule has 0 bridgehead atoms. The Hall–Kier alpha value is -2.32. The van der Waals surface area contributed by atoms with Gasteiger partial charge in [0.1, 0.15) is 0 Å². The van der Waals surface area contributed by atoms with Gasteiger partial charge >= 0.3 is 0 Å². The average Bonchev–Trinajstić information content (AvgIpc) is 3.16. The van der Waals surface area contributed by atoms with Crippen LogP contribution in [0.4, 0.5) is 10.8 Å². The predicted molar refractivity (Wildman–Crippen MR) is 99.7 cm³/mol. The fraction of sp³-hybridized carbons (Fsp3) is 0.294. The normalized spacial score (nSPS) is 16.6. The Bertz CT molecular complexity index is 992. The summed E-state index contributed by atoms with van der Waals surface area (Å²) in [5, 5.41) is 15.1. The lowest BCUT2D eigenvalue weighted by molar-refractivity contribution is -0.384. The first-order valence-electron chi connectivity index (χ1n) is 7.97. The molecule has 0 aliphatic heterocycles. The number of non-ortho nitro benzene ring substituents is 1. The summed E-state index contributed by atoms with van der Waals surface area (Å²) in [7, 11) is 0. The Morgan fingerprint density at radius 2 is 2.20 bits per heavy atom. The van der Waals surface area contributed by atoms with E-state index in [1.807, 2.05) is 0 Å². The first-order chi connectivity index (χ1) is 12.0. The summed E-state index contributed by atoms with van der Waals surface area (Å²) >= 11 is 2.87. The molecule has 6 nitrogen and oxygen atoms in total. The smallest absolute Gasteiger partial charge is 0.270 e. The molecule has 0 saturated carbocycles. The van der Waals surface area contributed by atoms with Crippen molar-refractivity contribution in [3.63, 3.8) is 0 Å². The van der Waals surface area contributed by atoms with E-state index in [4.69, 9.17) is 0 Å². The molecule has 1 amide bonds. The van der Waals surface area contributed by atoms with Crippen molar-refractivity contribution in [3.05, 3.63) is 49.8 Å². The summed E-state index contributed by atoms with van der Waals surface area (Å²) in [6.07, 6.45) is 3.13. The third-order valence-corrected chi connectivity index (χ3v) is 6.49. The van der Waals surface area contributed by atoms with Crippen LogP contribution in [0.1, 0.15) is 33.6 Å². The zero-order valence-electron chi connectivity index (χ0n) is 13.4. The number of carbonyl (C=O) groups excluding carboxylic acids is 1. The molecule has 0 saturated heterocycles. The number of fused-ring (bicyclic) bond motifs is 2. The van der Waals surface area contributed by atoms with Gasteiger partial charge in [-0.05, 0) is 37.3 Å². The maximum atomic E-state index is 12.5. The van der Waals surface area contributed by atoms with Crippen LogP contribution in [0.15, 0.2) is 24.3 Å². The number of thiazole rings is 1. The molecule has 0 fully saturated rings. The van der Waals surface area contributed by atoms with Gasteiger partial charge in [0.2, 0.25) is 0 Å². The number of amides is 1. The zero-order chi connectivity index (χ0) is 17.6. The lowest BCUT2D eigenvalue weighted by Crippen LogP contribution is -2.10. The van der Waals surface area contributed by atoms with Gasteiger partial charge in [-0.3, -0.25) is 20.2 Å². The summed E-state index contributed by atoms with van der Waals surface area (Å²) in [6.45, 7) is 2.23. The maximum Gasteiger partial charge on any atom is 0.270 e. The van der Waals surface area contributed by atoms with Gasteiger partial charge in [-0.25, -0.2) is 4.98 Å². The largest absolute Gasteiger partial charge is 0.297 e.